The summed E-state index contributed by atoms with van der Waals surface area (Å²) in [5.74, 6) is 0.700. The van der Waals surface area contributed by atoms with Crippen LogP contribution in [0.5, 0.6) is 11.6 Å². The van der Waals surface area contributed by atoms with Crippen molar-refractivity contribution in [3.63, 3.8) is 0 Å². The van der Waals surface area contributed by atoms with Crippen LogP contribution in [0.3, 0.4) is 0 Å². The molecule has 0 radical (unpaired) electrons. The van der Waals surface area contributed by atoms with Crippen LogP contribution in [0.4, 0.5) is 5.69 Å². The van der Waals surface area contributed by atoms with Crippen molar-refractivity contribution in [1.29, 1.82) is 5.41 Å². The van der Waals surface area contributed by atoms with Gasteiger partial charge in [-0.15, -0.1) is 0 Å². The Morgan fingerprint density at radius 3 is 2.90 bits per heavy atom. The molecule has 0 fully saturated rings. The molecule has 3 rings (SSSR count). The summed E-state index contributed by atoms with van der Waals surface area (Å²) >= 11 is 0. The second-order valence-electron chi connectivity index (χ2n) is 4.30. The summed E-state index contributed by atoms with van der Waals surface area (Å²) in [6, 6.07) is 7.90. The number of fused-ring (bicyclic) bond motifs is 1. The molecule has 0 saturated heterocycles. The molecule has 0 saturated carbocycles. The molecule has 0 bridgehead atoms. The zero-order valence-electron chi connectivity index (χ0n) is 10.8. The number of rotatable bonds is 3. The Kier molecular flexibility index (Phi) is 3.07. The molecule has 2 heterocycles. The van der Waals surface area contributed by atoms with Crippen molar-refractivity contribution in [2.24, 2.45) is 0 Å². The Morgan fingerprint density at radius 2 is 2.10 bits per heavy atom. The zero-order valence-corrected chi connectivity index (χ0v) is 10.8. The van der Waals surface area contributed by atoms with Crippen molar-refractivity contribution in [3.05, 3.63) is 52.6 Å². The third kappa shape index (κ3) is 2.44. The number of H-pyrrole nitrogens is 1. The van der Waals surface area contributed by atoms with E-state index in [0.717, 1.165) is 6.21 Å². The number of anilines is 1. The lowest BCUT2D eigenvalue weighted by molar-refractivity contribution is 0.467. The molecule has 21 heavy (non-hydrogen) atoms. The monoisotopic (exact) mass is 281 g/mol. The molecule has 0 spiro atoms. The molecule has 3 aromatic rings. The first-order valence-corrected chi connectivity index (χ1v) is 6.09. The number of hydrogen-bond donors (Lipinski definition) is 3. The minimum atomic E-state index is -0.264. The van der Waals surface area contributed by atoms with Crippen molar-refractivity contribution in [3.8, 4) is 11.6 Å². The number of hydrogen-bond acceptors (Lipinski definition) is 6. The van der Waals surface area contributed by atoms with E-state index in [9.17, 15) is 4.79 Å². The van der Waals surface area contributed by atoms with E-state index < -0.39 is 0 Å². The molecule has 7 heteroatoms. The topological polar surface area (TPSA) is 118 Å². The molecular formula is C14H11N5O2. The van der Waals surface area contributed by atoms with Crippen molar-refractivity contribution in [2.75, 3.05) is 5.73 Å². The number of aromatic nitrogens is 3. The first kappa shape index (κ1) is 12.8. The predicted octanol–water partition coefficient (Wildman–Crippen LogP) is 1.69. The van der Waals surface area contributed by atoms with Gasteiger partial charge in [0.05, 0.1) is 5.52 Å². The molecule has 0 aliphatic rings. The molecule has 0 unspecified atom stereocenters. The lowest BCUT2D eigenvalue weighted by Crippen LogP contribution is -2.05. The molecular weight excluding hydrogens is 270 g/mol. The van der Waals surface area contributed by atoms with Gasteiger partial charge in [0.2, 0.25) is 11.4 Å². The fourth-order valence-electron chi connectivity index (χ4n) is 1.88. The highest BCUT2D eigenvalue weighted by Crippen LogP contribution is 2.26. The highest BCUT2D eigenvalue weighted by atomic mass is 16.5. The normalized spacial score (nSPS) is 10.5. The van der Waals surface area contributed by atoms with Gasteiger partial charge in [-0.2, -0.15) is 4.98 Å². The largest absolute Gasteiger partial charge is 0.437 e. The minimum absolute atomic E-state index is 0.235. The first-order valence-electron chi connectivity index (χ1n) is 6.09. The van der Waals surface area contributed by atoms with Gasteiger partial charge in [0, 0.05) is 23.5 Å². The van der Waals surface area contributed by atoms with Gasteiger partial charge in [0.15, 0.2) is 0 Å². The second kappa shape index (κ2) is 5.04. The fourth-order valence-corrected chi connectivity index (χ4v) is 1.88. The van der Waals surface area contributed by atoms with E-state index >= 15 is 0 Å². The molecule has 104 valence electrons. The lowest BCUT2D eigenvalue weighted by Gasteiger charge is -2.08. The van der Waals surface area contributed by atoms with Gasteiger partial charge in [0.1, 0.15) is 17.6 Å². The van der Waals surface area contributed by atoms with E-state index in [1.54, 1.807) is 24.3 Å². The van der Waals surface area contributed by atoms with Crippen LogP contribution in [0.15, 0.2) is 41.5 Å². The molecule has 0 aliphatic heterocycles. The standard InChI is InChI=1S/C14H11N5O2/c15-6-8-5-9(1-2-10(8)16)21-14-13-11(17-7-18-14)3-4-12(20)19-13/h1-7,15H,16H2,(H,19,20). The molecule has 0 aliphatic carbocycles. The average molecular weight is 281 g/mol. The molecule has 0 atom stereocenters. The molecule has 2 aromatic heterocycles. The van der Waals surface area contributed by atoms with Crippen LogP contribution in [-0.2, 0) is 0 Å². The molecule has 1 aromatic carbocycles. The maximum Gasteiger partial charge on any atom is 0.248 e. The summed E-state index contributed by atoms with van der Waals surface area (Å²) in [5.41, 5.74) is 7.47. The smallest absolute Gasteiger partial charge is 0.248 e. The average Bonchev–Trinajstić information content (AvgIpc) is 2.50. The van der Waals surface area contributed by atoms with Gasteiger partial charge in [-0.3, -0.25) is 4.79 Å². The Balaban J connectivity index is 2.07. The third-order valence-electron chi connectivity index (χ3n) is 2.91. The number of aromatic amines is 1. The number of nitrogens with one attached hydrogen (secondary N) is 2. The molecule has 4 N–H and O–H groups in total. The van der Waals surface area contributed by atoms with Gasteiger partial charge in [-0.05, 0) is 24.3 Å². The van der Waals surface area contributed by atoms with E-state index in [-0.39, 0.29) is 11.4 Å². The van der Waals surface area contributed by atoms with Gasteiger partial charge in [-0.25, -0.2) is 4.98 Å². The van der Waals surface area contributed by atoms with Crippen LogP contribution in [0.2, 0.25) is 0 Å². The van der Waals surface area contributed by atoms with E-state index in [1.165, 1.54) is 12.4 Å². The highest BCUT2D eigenvalue weighted by molar-refractivity contribution is 5.85. The van der Waals surface area contributed by atoms with E-state index in [4.69, 9.17) is 15.9 Å². The number of ether oxygens (including phenoxy) is 1. The van der Waals surface area contributed by atoms with Crippen LogP contribution >= 0.6 is 0 Å². The number of benzene rings is 1. The third-order valence-corrected chi connectivity index (χ3v) is 2.91. The van der Waals surface area contributed by atoms with Crippen molar-refractivity contribution in [1.82, 2.24) is 15.0 Å². The maximum atomic E-state index is 11.4. The summed E-state index contributed by atoms with van der Waals surface area (Å²) in [7, 11) is 0. The van der Waals surface area contributed by atoms with Crippen molar-refractivity contribution < 1.29 is 4.74 Å². The lowest BCUT2D eigenvalue weighted by atomic mass is 10.2. The van der Waals surface area contributed by atoms with Crippen LogP contribution in [-0.4, -0.2) is 21.2 Å². The van der Waals surface area contributed by atoms with Crippen molar-refractivity contribution >= 4 is 22.9 Å². The Morgan fingerprint density at radius 1 is 1.24 bits per heavy atom. The summed E-state index contributed by atoms with van der Waals surface area (Å²) < 4.78 is 5.66. The van der Waals surface area contributed by atoms with Gasteiger partial charge < -0.3 is 20.9 Å². The van der Waals surface area contributed by atoms with Crippen molar-refractivity contribution in [2.45, 2.75) is 0 Å². The number of pyridine rings is 1. The summed E-state index contributed by atoms with van der Waals surface area (Å²) in [4.78, 5) is 22.1. The molecule has 0 amide bonds. The fraction of sp³-hybridized carbons (Fsp3) is 0. The Hall–Kier alpha value is -3.22. The van der Waals surface area contributed by atoms with Gasteiger partial charge in [0.25, 0.3) is 0 Å². The second-order valence-corrected chi connectivity index (χ2v) is 4.30. The van der Waals surface area contributed by atoms with E-state index in [2.05, 4.69) is 15.0 Å². The maximum absolute atomic E-state index is 11.4. The van der Waals surface area contributed by atoms with Gasteiger partial charge >= 0.3 is 0 Å². The number of nitrogen functional groups attached to an aromatic ring is 1. The van der Waals surface area contributed by atoms with Crippen LogP contribution in [0, 0.1) is 5.41 Å². The molecule has 7 nitrogen and oxygen atoms in total. The van der Waals surface area contributed by atoms with Crippen LogP contribution in [0.25, 0.3) is 11.0 Å². The number of nitrogens with zero attached hydrogens (tertiary/aromatic N) is 2. The summed E-state index contributed by atoms with van der Waals surface area (Å²) in [6.07, 6.45) is 2.49. The SMILES string of the molecule is N=Cc1cc(Oc2ncnc3ccc(=O)[nH]c23)ccc1N. The minimum Gasteiger partial charge on any atom is -0.437 e. The highest BCUT2D eigenvalue weighted by Gasteiger charge is 2.08. The van der Waals surface area contributed by atoms with E-state index in [1.807, 2.05) is 0 Å². The Labute approximate surface area is 118 Å². The predicted molar refractivity (Wildman–Crippen MR) is 79.0 cm³/mol. The zero-order chi connectivity index (χ0) is 14.8. The van der Waals surface area contributed by atoms with Crippen LogP contribution < -0.4 is 16.0 Å². The number of nitrogens with two attached hydrogens (primary N) is 1. The summed E-state index contributed by atoms with van der Waals surface area (Å²) in [5, 5.41) is 7.29. The van der Waals surface area contributed by atoms with Gasteiger partial charge in [-0.1, -0.05) is 0 Å². The van der Waals surface area contributed by atoms with Crippen LogP contribution in [0.1, 0.15) is 5.56 Å². The Bertz CT molecular complexity index is 888. The quantitative estimate of drug-likeness (QED) is 0.498. The van der Waals surface area contributed by atoms with E-state index in [0.29, 0.717) is 28.0 Å². The first-order chi connectivity index (χ1) is 10.2. The summed E-state index contributed by atoms with van der Waals surface area (Å²) in [6.45, 7) is 0.